The molecule has 0 radical (unpaired) electrons. The second-order valence-corrected chi connectivity index (χ2v) is 3.81. The van der Waals surface area contributed by atoms with E-state index in [1.54, 1.807) is 6.07 Å². The van der Waals surface area contributed by atoms with Gasteiger partial charge in [-0.3, -0.25) is 0 Å². The Morgan fingerprint density at radius 2 is 2.14 bits per heavy atom. The first-order valence-electron chi connectivity index (χ1n) is 4.90. The molecular weight excluding hydrogens is 184 g/mol. The number of benzene rings is 1. The van der Waals surface area contributed by atoms with E-state index in [-0.39, 0.29) is 0 Å². The summed E-state index contributed by atoms with van der Waals surface area (Å²) in [5.74, 6) is -0.938. The van der Waals surface area contributed by atoms with Crippen molar-refractivity contribution in [3.8, 4) is 0 Å². The van der Waals surface area contributed by atoms with Crippen LogP contribution in [0.5, 0.6) is 0 Å². The average Bonchev–Trinajstić information content (AvgIpc) is 2.64. The van der Waals surface area contributed by atoms with Crippen LogP contribution in [0.15, 0.2) is 18.2 Å². The van der Waals surface area contributed by atoms with Gasteiger partial charge in [-0.1, -0.05) is 6.07 Å². The van der Waals surface area contributed by atoms with Crippen LogP contribution in [0.3, 0.4) is 0 Å². The summed E-state index contributed by atoms with van der Waals surface area (Å²) in [4.78, 5) is 0. The highest BCUT2D eigenvalue weighted by molar-refractivity contribution is 5.18. The van der Waals surface area contributed by atoms with Crippen molar-refractivity contribution in [1.29, 1.82) is 0 Å². The topological polar surface area (TPSA) is 12.0 Å². The molecule has 0 aromatic heterocycles. The Morgan fingerprint density at radius 1 is 1.29 bits per heavy atom. The van der Waals surface area contributed by atoms with Crippen LogP contribution in [0.25, 0.3) is 0 Å². The summed E-state index contributed by atoms with van der Waals surface area (Å²) < 4.78 is 25.5. The van der Waals surface area contributed by atoms with Crippen molar-refractivity contribution in [2.24, 2.45) is 5.92 Å². The molecule has 1 heterocycles. The highest BCUT2D eigenvalue weighted by Crippen LogP contribution is 2.16. The largest absolute Gasteiger partial charge is 0.316 e. The predicted molar refractivity (Wildman–Crippen MR) is 51.0 cm³/mol. The van der Waals surface area contributed by atoms with Gasteiger partial charge in [0.25, 0.3) is 0 Å². The number of halogens is 2. The molecule has 0 spiro atoms. The first kappa shape index (κ1) is 9.59. The summed E-state index contributed by atoms with van der Waals surface area (Å²) in [5.41, 5.74) is 0.887. The summed E-state index contributed by atoms with van der Waals surface area (Å²) in [6.07, 6.45) is 1.96. The first-order valence-corrected chi connectivity index (χ1v) is 4.90. The minimum Gasteiger partial charge on any atom is -0.316 e. The lowest BCUT2D eigenvalue weighted by atomic mass is 9.99. The van der Waals surface area contributed by atoms with Crippen LogP contribution in [0.2, 0.25) is 0 Å². The molecule has 1 saturated heterocycles. The summed E-state index contributed by atoms with van der Waals surface area (Å²) in [6.45, 7) is 2.02. The molecule has 0 amide bonds. The van der Waals surface area contributed by atoms with Crippen molar-refractivity contribution in [3.63, 3.8) is 0 Å². The smallest absolute Gasteiger partial charge is 0.159 e. The summed E-state index contributed by atoms with van der Waals surface area (Å²) in [7, 11) is 0. The molecule has 1 fully saturated rings. The molecule has 1 aromatic rings. The first-order chi connectivity index (χ1) is 6.75. The fourth-order valence-corrected chi connectivity index (χ4v) is 1.89. The van der Waals surface area contributed by atoms with Gasteiger partial charge in [0.2, 0.25) is 0 Å². The van der Waals surface area contributed by atoms with Crippen molar-refractivity contribution in [2.45, 2.75) is 12.8 Å². The van der Waals surface area contributed by atoms with Gasteiger partial charge >= 0.3 is 0 Å². The molecule has 3 heteroatoms. The van der Waals surface area contributed by atoms with Gasteiger partial charge in [0.05, 0.1) is 0 Å². The highest BCUT2D eigenvalue weighted by Gasteiger charge is 2.15. The molecule has 0 aliphatic carbocycles. The average molecular weight is 197 g/mol. The van der Waals surface area contributed by atoms with E-state index in [9.17, 15) is 8.78 Å². The van der Waals surface area contributed by atoms with E-state index in [2.05, 4.69) is 5.32 Å². The molecule has 0 bridgehead atoms. The van der Waals surface area contributed by atoms with Crippen molar-refractivity contribution in [1.82, 2.24) is 5.32 Å². The third-order valence-corrected chi connectivity index (χ3v) is 2.67. The van der Waals surface area contributed by atoms with Gasteiger partial charge in [-0.25, -0.2) is 8.78 Å². The Balaban J connectivity index is 2.05. The third-order valence-electron chi connectivity index (χ3n) is 2.67. The van der Waals surface area contributed by atoms with Gasteiger partial charge < -0.3 is 5.32 Å². The second-order valence-electron chi connectivity index (χ2n) is 3.81. The molecular formula is C11H13F2N. The summed E-state index contributed by atoms with van der Waals surface area (Å²) in [6, 6.07) is 4.16. The molecule has 1 aliphatic rings. The standard InChI is InChI=1S/C11H13F2N/c12-10-2-1-8(6-11(10)13)5-9-3-4-14-7-9/h1-2,6,9,14H,3-5,7H2/t9-/m1/s1. The van der Waals surface area contributed by atoms with Gasteiger partial charge in [-0.05, 0) is 49.5 Å². The maximum atomic E-state index is 12.9. The molecule has 1 nitrogen and oxygen atoms in total. The Morgan fingerprint density at radius 3 is 2.79 bits per heavy atom. The van der Waals surface area contributed by atoms with Gasteiger partial charge in [-0.15, -0.1) is 0 Å². The quantitative estimate of drug-likeness (QED) is 0.765. The van der Waals surface area contributed by atoms with Crippen LogP contribution in [-0.4, -0.2) is 13.1 Å². The Hall–Kier alpha value is -0.960. The summed E-state index contributed by atoms with van der Waals surface area (Å²) in [5, 5.41) is 3.25. The van der Waals surface area contributed by atoms with Crippen LogP contribution in [0.1, 0.15) is 12.0 Å². The summed E-state index contributed by atoms with van der Waals surface area (Å²) >= 11 is 0. The van der Waals surface area contributed by atoms with E-state index in [0.29, 0.717) is 5.92 Å². The van der Waals surface area contributed by atoms with E-state index in [0.717, 1.165) is 31.5 Å². The number of nitrogens with one attached hydrogen (secondary N) is 1. The lowest BCUT2D eigenvalue weighted by molar-refractivity contribution is 0.503. The predicted octanol–water partition coefficient (Wildman–Crippen LogP) is 2.12. The zero-order valence-corrected chi connectivity index (χ0v) is 7.89. The molecule has 1 N–H and O–H groups in total. The fraction of sp³-hybridized carbons (Fsp3) is 0.455. The zero-order chi connectivity index (χ0) is 9.97. The Labute approximate surface area is 82.1 Å². The minimum absolute atomic E-state index is 0.569. The number of hydrogen-bond acceptors (Lipinski definition) is 1. The molecule has 0 saturated carbocycles. The third kappa shape index (κ3) is 2.10. The maximum absolute atomic E-state index is 12.9. The van der Waals surface area contributed by atoms with Crippen molar-refractivity contribution in [3.05, 3.63) is 35.4 Å². The fourth-order valence-electron chi connectivity index (χ4n) is 1.89. The van der Waals surface area contributed by atoms with Crippen LogP contribution < -0.4 is 5.32 Å². The SMILES string of the molecule is Fc1ccc(C[C@H]2CCNC2)cc1F. The Kier molecular flexibility index (Phi) is 2.77. The van der Waals surface area contributed by atoms with Crippen LogP contribution in [-0.2, 0) is 6.42 Å². The van der Waals surface area contributed by atoms with Crippen LogP contribution in [0, 0.1) is 17.6 Å². The maximum Gasteiger partial charge on any atom is 0.159 e. The number of hydrogen-bond donors (Lipinski definition) is 1. The zero-order valence-electron chi connectivity index (χ0n) is 7.89. The van der Waals surface area contributed by atoms with E-state index in [1.807, 2.05) is 0 Å². The lowest BCUT2D eigenvalue weighted by Crippen LogP contribution is -2.10. The Bertz CT molecular complexity index is 319. The van der Waals surface area contributed by atoms with Crippen molar-refractivity contribution < 1.29 is 8.78 Å². The molecule has 2 rings (SSSR count). The second kappa shape index (κ2) is 4.05. The normalized spacial score (nSPS) is 21.4. The van der Waals surface area contributed by atoms with Gasteiger partial charge in [-0.2, -0.15) is 0 Å². The minimum atomic E-state index is -0.765. The molecule has 1 atom stereocenters. The van der Waals surface area contributed by atoms with Crippen molar-refractivity contribution in [2.75, 3.05) is 13.1 Å². The van der Waals surface area contributed by atoms with Crippen molar-refractivity contribution >= 4 is 0 Å². The van der Waals surface area contributed by atoms with Crippen LogP contribution in [0.4, 0.5) is 8.78 Å². The highest BCUT2D eigenvalue weighted by atomic mass is 19.2. The lowest BCUT2D eigenvalue weighted by Gasteiger charge is -2.07. The monoisotopic (exact) mass is 197 g/mol. The molecule has 76 valence electrons. The van der Waals surface area contributed by atoms with E-state index in [1.165, 1.54) is 12.1 Å². The molecule has 1 aliphatic heterocycles. The van der Waals surface area contributed by atoms with Gasteiger partial charge in [0, 0.05) is 0 Å². The van der Waals surface area contributed by atoms with E-state index in [4.69, 9.17) is 0 Å². The van der Waals surface area contributed by atoms with E-state index < -0.39 is 11.6 Å². The van der Waals surface area contributed by atoms with E-state index >= 15 is 0 Å². The van der Waals surface area contributed by atoms with Gasteiger partial charge in [0.1, 0.15) is 0 Å². The molecule has 0 unspecified atom stereocenters. The van der Waals surface area contributed by atoms with Crippen LogP contribution >= 0.6 is 0 Å². The molecule has 14 heavy (non-hydrogen) atoms. The molecule has 1 aromatic carbocycles. The van der Waals surface area contributed by atoms with Gasteiger partial charge in [0.15, 0.2) is 11.6 Å². The number of rotatable bonds is 2.